The molecule has 1 heterocycles. The van der Waals surface area contributed by atoms with Gasteiger partial charge in [-0.25, -0.2) is 0 Å². The van der Waals surface area contributed by atoms with Crippen LogP contribution in [0.1, 0.15) is 58.5 Å². The van der Waals surface area contributed by atoms with Crippen LogP contribution in [0.15, 0.2) is 24.3 Å². The van der Waals surface area contributed by atoms with Crippen LogP contribution in [0, 0.1) is 0 Å². The number of hydrogen-bond acceptors (Lipinski definition) is 3. The van der Waals surface area contributed by atoms with Crippen LogP contribution in [0.3, 0.4) is 0 Å². The summed E-state index contributed by atoms with van der Waals surface area (Å²) in [5.41, 5.74) is 6.51. The molecule has 0 bridgehead atoms. The molecule has 3 aromatic rings. The van der Waals surface area contributed by atoms with Gasteiger partial charge < -0.3 is 9.88 Å². The molecule has 4 heteroatoms. The van der Waals surface area contributed by atoms with Gasteiger partial charge in [0.15, 0.2) is 11.6 Å². The molecule has 0 fully saturated rings. The smallest absolute Gasteiger partial charge is 0.163 e. The van der Waals surface area contributed by atoms with Crippen molar-refractivity contribution in [2.45, 2.75) is 52.1 Å². The first-order chi connectivity index (χ1) is 13.1. The van der Waals surface area contributed by atoms with E-state index in [2.05, 4.69) is 35.9 Å². The number of fused-ring (bicyclic) bond motifs is 7. The molecule has 1 N–H and O–H groups in total. The second-order valence-corrected chi connectivity index (χ2v) is 8.08. The Kier molecular flexibility index (Phi) is 3.73. The van der Waals surface area contributed by atoms with Crippen LogP contribution in [0.2, 0.25) is 0 Å². The van der Waals surface area contributed by atoms with Crippen LogP contribution in [-0.2, 0) is 19.4 Å². The van der Waals surface area contributed by atoms with Gasteiger partial charge in [-0.05, 0) is 48.2 Å². The van der Waals surface area contributed by atoms with Crippen LogP contribution < -0.4 is 5.32 Å². The summed E-state index contributed by atoms with van der Waals surface area (Å²) < 4.78 is 2.37. The molecule has 5 rings (SSSR count). The lowest BCUT2D eigenvalue weighted by molar-refractivity contribution is 0.0986. The minimum absolute atomic E-state index is 0.248. The Morgan fingerprint density at radius 2 is 1.37 bits per heavy atom. The summed E-state index contributed by atoms with van der Waals surface area (Å²) in [6.07, 6.45) is 2.83. The third-order valence-corrected chi connectivity index (χ3v) is 6.11. The van der Waals surface area contributed by atoms with Crippen LogP contribution in [-0.4, -0.2) is 28.7 Å². The van der Waals surface area contributed by atoms with Gasteiger partial charge in [0.05, 0.1) is 0 Å². The SMILES string of the molecule is CC(C)NCCn1c2ccc3c(c2c2c4c(ccc21)C(=O)CC4)CCC3=O. The fourth-order valence-corrected chi connectivity index (χ4v) is 4.90. The van der Waals surface area contributed by atoms with E-state index in [1.165, 1.54) is 32.9 Å². The van der Waals surface area contributed by atoms with E-state index in [0.717, 1.165) is 37.1 Å². The number of Topliss-reactive ketones (excluding diaryl/α,β-unsaturated/α-hetero) is 2. The predicted molar refractivity (Wildman–Crippen MR) is 108 cm³/mol. The molecule has 0 spiro atoms. The molecule has 0 saturated carbocycles. The summed E-state index contributed by atoms with van der Waals surface area (Å²) in [4.78, 5) is 24.6. The summed E-state index contributed by atoms with van der Waals surface area (Å²) in [6, 6.07) is 8.67. The van der Waals surface area contributed by atoms with E-state index < -0.39 is 0 Å². The highest BCUT2D eigenvalue weighted by Crippen LogP contribution is 2.41. The minimum Gasteiger partial charge on any atom is -0.339 e. The van der Waals surface area contributed by atoms with Gasteiger partial charge in [-0.15, -0.1) is 0 Å². The normalized spacial score (nSPS) is 16.1. The number of ketones is 2. The number of aryl methyl sites for hydroxylation is 2. The molecular formula is C23H24N2O2. The number of carbonyl (C=O) groups excluding carboxylic acids is 2. The summed E-state index contributed by atoms with van der Waals surface area (Å²) in [5.74, 6) is 0.496. The molecule has 0 unspecified atom stereocenters. The summed E-state index contributed by atoms with van der Waals surface area (Å²) in [6.45, 7) is 6.08. The maximum absolute atomic E-state index is 12.3. The van der Waals surface area contributed by atoms with Gasteiger partial charge in [-0.3, -0.25) is 9.59 Å². The third-order valence-electron chi connectivity index (χ3n) is 6.11. The van der Waals surface area contributed by atoms with Gasteiger partial charge >= 0.3 is 0 Å². The zero-order chi connectivity index (χ0) is 18.7. The number of carbonyl (C=O) groups is 2. The maximum atomic E-state index is 12.3. The number of hydrogen-bond donors (Lipinski definition) is 1. The predicted octanol–water partition coefficient (Wildman–Crippen LogP) is 4.05. The minimum atomic E-state index is 0.248. The van der Waals surface area contributed by atoms with Crippen molar-refractivity contribution < 1.29 is 9.59 Å². The van der Waals surface area contributed by atoms with E-state index in [-0.39, 0.29) is 11.6 Å². The van der Waals surface area contributed by atoms with Crippen molar-refractivity contribution in [2.24, 2.45) is 0 Å². The van der Waals surface area contributed by atoms with Gasteiger partial charge in [0, 0.05) is 64.9 Å². The van der Waals surface area contributed by atoms with Crippen LogP contribution in [0.5, 0.6) is 0 Å². The topological polar surface area (TPSA) is 51.1 Å². The lowest BCUT2D eigenvalue weighted by atomic mass is 9.98. The average molecular weight is 360 g/mol. The zero-order valence-electron chi connectivity index (χ0n) is 15.9. The molecule has 2 aliphatic carbocycles. The fraction of sp³-hybridized carbons (Fsp3) is 0.391. The molecule has 0 radical (unpaired) electrons. The Morgan fingerprint density at radius 3 is 1.85 bits per heavy atom. The molecule has 0 amide bonds. The van der Waals surface area contributed by atoms with E-state index in [4.69, 9.17) is 0 Å². The molecule has 0 saturated heterocycles. The lowest BCUT2D eigenvalue weighted by Crippen LogP contribution is -2.26. The van der Waals surface area contributed by atoms with Crippen molar-refractivity contribution in [2.75, 3.05) is 6.54 Å². The Morgan fingerprint density at radius 1 is 0.852 bits per heavy atom. The molecule has 27 heavy (non-hydrogen) atoms. The molecular weight excluding hydrogens is 336 g/mol. The Labute approximate surface area is 158 Å². The highest BCUT2D eigenvalue weighted by atomic mass is 16.1. The van der Waals surface area contributed by atoms with Crippen molar-refractivity contribution in [3.05, 3.63) is 46.5 Å². The number of nitrogens with zero attached hydrogens (tertiary/aromatic N) is 1. The third kappa shape index (κ3) is 2.39. The molecule has 2 aromatic carbocycles. The van der Waals surface area contributed by atoms with Gasteiger partial charge in [0.1, 0.15) is 0 Å². The van der Waals surface area contributed by atoms with Gasteiger partial charge in [-0.2, -0.15) is 0 Å². The fourth-order valence-electron chi connectivity index (χ4n) is 4.90. The van der Waals surface area contributed by atoms with Crippen molar-refractivity contribution in [3.8, 4) is 0 Å². The van der Waals surface area contributed by atoms with E-state index in [9.17, 15) is 9.59 Å². The molecule has 138 valence electrons. The average Bonchev–Trinajstić information content (AvgIpc) is 3.30. The number of nitrogens with one attached hydrogen (secondary N) is 1. The molecule has 2 aliphatic rings. The van der Waals surface area contributed by atoms with E-state index in [1.807, 2.05) is 12.1 Å². The first-order valence-electron chi connectivity index (χ1n) is 9.95. The van der Waals surface area contributed by atoms with Gasteiger partial charge in [0.25, 0.3) is 0 Å². The highest BCUT2D eigenvalue weighted by Gasteiger charge is 2.29. The zero-order valence-corrected chi connectivity index (χ0v) is 15.9. The molecule has 4 nitrogen and oxygen atoms in total. The van der Waals surface area contributed by atoms with Crippen LogP contribution in [0.25, 0.3) is 21.8 Å². The van der Waals surface area contributed by atoms with E-state index in [1.54, 1.807) is 0 Å². The first-order valence-corrected chi connectivity index (χ1v) is 9.95. The van der Waals surface area contributed by atoms with Crippen LogP contribution >= 0.6 is 0 Å². The summed E-state index contributed by atoms with van der Waals surface area (Å²) in [7, 11) is 0. The first kappa shape index (κ1) is 16.7. The van der Waals surface area contributed by atoms with Crippen molar-refractivity contribution in [1.82, 2.24) is 9.88 Å². The number of aromatic nitrogens is 1. The summed E-state index contributed by atoms with van der Waals surface area (Å²) >= 11 is 0. The Bertz CT molecular complexity index is 1040. The quantitative estimate of drug-likeness (QED) is 0.764. The second kappa shape index (κ2) is 6.03. The molecule has 0 atom stereocenters. The Hall–Kier alpha value is -2.46. The monoisotopic (exact) mass is 360 g/mol. The van der Waals surface area contributed by atoms with E-state index >= 15 is 0 Å². The van der Waals surface area contributed by atoms with Crippen molar-refractivity contribution in [3.63, 3.8) is 0 Å². The largest absolute Gasteiger partial charge is 0.339 e. The van der Waals surface area contributed by atoms with Crippen LogP contribution in [0.4, 0.5) is 0 Å². The highest BCUT2D eigenvalue weighted by molar-refractivity contribution is 6.18. The molecule has 0 aliphatic heterocycles. The van der Waals surface area contributed by atoms with Gasteiger partial charge in [0.2, 0.25) is 0 Å². The summed E-state index contributed by atoms with van der Waals surface area (Å²) in [5, 5.41) is 5.93. The Balaban J connectivity index is 1.81. The van der Waals surface area contributed by atoms with Crippen molar-refractivity contribution >= 4 is 33.4 Å². The lowest BCUT2D eigenvalue weighted by Gasteiger charge is -2.11. The van der Waals surface area contributed by atoms with Gasteiger partial charge in [-0.1, -0.05) is 13.8 Å². The number of rotatable bonds is 4. The van der Waals surface area contributed by atoms with E-state index in [0.29, 0.717) is 18.9 Å². The molecule has 1 aromatic heterocycles. The van der Waals surface area contributed by atoms with Crippen molar-refractivity contribution in [1.29, 1.82) is 0 Å². The second-order valence-electron chi connectivity index (χ2n) is 8.08. The number of benzene rings is 2. The standard InChI is InChI=1S/C23H24N2O2/c1-13(2)24-11-12-25-18-7-3-14-16(5-9-20(14)26)22(18)23-17-6-10-21(27)15(17)4-8-19(23)25/h3-4,7-8,13,24H,5-6,9-12H2,1-2H3. The maximum Gasteiger partial charge on any atom is 0.163 e.